The summed E-state index contributed by atoms with van der Waals surface area (Å²) < 4.78 is 0. The van der Waals surface area contributed by atoms with E-state index in [-0.39, 0.29) is 17.7 Å². The zero-order valence-electron chi connectivity index (χ0n) is 11.4. The zero-order chi connectivity index (χ0) is 13.8. The Labute approximate surface area is 113 Å². The van der Waals surface area contributed by atoms with Gasteiger partial charge in [0, 0.05) is 19.5 Å². The summed E-state index contributed by atoms with van der Waals surface area (Å²) in [7, 11) is 0. The number of carbonyl (C=O) groups is 2. The lowest BCUT2D eigenvalue weighted by molar-refractivity contribution is -0.135. The van der Waals surface area contributed by atoms with Crippen LogP contribution in [0, 0.1) is 5.92 Å². The Kier molecular flexibility index (Phi) is 4.20. The first-order valence-corrected chi connectivity index (χ1v) is 6.70. The molecule has 2 rings (SSSR count). The quantitative estimate of drug-likeness (QED) is 0.896. The highest BCUT2D eigenvalue weighted by atomic mass is 16.2. The van der Waals surface area contributed by atoms with Crippen molar-refractivity contribution in [3.8, 4) is 0 Å². The van der Waals surface area contributed by atoms with E-state index in [2.05, 4.69) is 5.32 Å². The molecule has 4 nitrogen and oxygen atoms in total. The normalized spacial score (nSPS) is 20.4. The summed E-state index contributed by atoms with van der Waals surface area (Å²) in [4.78, 5) is 25.9. The molecule has 0 radical (unpaired) electrons. The molecule has 1 aromatic rings. The second-order valence-electron chi connectivity index (χ2n) is 5.28. The Bertz CT molecular complexity index is 456. The molecular formula is C15H20N2O2. The van der Waals surface area contributed by atoms with Crippen molar-refractivity contribution in [1.29, 1.82) is 0 Å². The summed E-state index contributed by atoms with van der Waals surface area (Å²) >= 11 is 0. The minimum absolute atomic E-state index is 0.0182. The van der Waals surface area contributed by atoms with Gasteiger partial charge in [0.15, 0.2) is 0 Å². The molecule has 1 unspecified atom stereocenters. The van der Waals surface area contributed by atoms with Gasteiger partial charge >= 0.3 is 0 Å². The zero-order valence-corrected chi connectivity index (χ0v) is 11.4. The van der Waals surface area contributed by atoms with E-state index in [9.17, 15) is 9.59 Å². The maximum Gasteiger partial charge on any atom is 0.245 e. The maximum atomic E-state index is 12.4. The van der Waals surface area contributed by atoms with Gasteiger partial charge in [0.1, 0.15) is 6.04 Å². The van der Waals surface area contributed by atoms with E-state index >= 15 is 0 Å². The maximum absolute atomic E-state index is 12.4. The van der Waals surface area contributed by atoms with Crippen LogP contribution in [-0.4, -0.2) is 29.3 Å². The highest BCUT2D eigenvalue weighted by molar-refractivity contribution is 5.90. The van der Waals surface area contributed by atoms with Gasteiger partial charge in [0.25, 0.3) is 0 Å². The Morgan fingerprint density at radius 2 is 1.95 bits per heavy atom. The topological polar surface area (TPSA) is 49.4 Å². The largest absolute Gasteiger partial charge is 0.344 e. The van der Waals surface area contributed by atoms with Crippen molar-refractivity contribution in [2.24, 2.45) is 5.92 Å². The molecule has 0 bridgehead atoms. The summed E-state index contributed by atoms with van der Waals surface area (Å²) in [6.07, 6.45) is 0.377. The summed E-state index contributed by atoms with van der Waals surface area (Å²) in [5.41, 5.74) is 1.09. The predicted octanol–water partition coefficient (Wildman–Crippen LogP) is 1.56. The summed E-state index contributed by atoms with van der Waals surface area (Å²) in [6, 6.07) is 9.46. The lowest BCUT2D eigenvalue weighted by Gasteiger charge is -2.26. The van der Waals surface area contributed by atoms with Gasteiger partial charge in [0.05, 0.1) is 0 Å². The number of nitrogens with one attached hydrogen (secondary N) is 1. The van der Waals surface area contributed by atoms with E-state index in [0.29, 0.717) is 19.5 Å². The van der Waals surface area contributed by atoms with Gasteiger partial charge in [-0.1, -0.05) is 44.2 Å². The van der Waals surface area contributed by atoms with Crippen LogP contribution in [0.5, 0.6) is 0 Å². The Hall–Kier alpha value is -1.84. The molecule has 1 aliphatic rings. The SMILES string of the molecule is CC(C)C1NC(=O)CCN(Cc2ccccc2)C1=O. The molecule has 19 heavy (non-hydrogen) atoms. The number of benzene rings is 1. The number of amides is 2. The molecule has 1 saturated heterocycles. The van der Waals surface area contributed by atoms with Crippen LogP contribution in [0.25, 0.3) is 0 Å². The van der Waals surface area contributed by atoms with Crippen LogP contribution in [0.2, 0.25) is 0 Å². The van der Waals surface area contributed by atoms with Crippen LogP contribution in [0.3, 0.4) is 0 Å². The van der Waals surface area contributed by atoms with Gasteiger partial charge in [-0.05, 0) is 11.5 Å². The van der Waals surface area contributed by atoms with E-state index in [1.54, 1.807) is 4.90 Å². The lowest BCUT2D eigenvalue weighted by Crippen LogP contribution is -2.47. The number of hydrogen-bond donors (Lipinski definition) is 1. The number of hydrogen-bond acceptors (Lipinski definition) is 2. The minimum Gasteiger partial charge on any atom is -0.344 e. The van der Waals surface area contributed by atoms with E-state index in [4.69, 9.17) is 0 Å². The van der Waals surface area contributed by atoms with Crippen molar-refractivity contribution in [2.75, 3.05) is 6.54 Å². The second-order valence-corrected chi connectivity index (χ2v) is 5.28. The van der Waals surface area contributed by atoms with Crippen LogP contribution in [0.15, 0.2) is 30.3 Å². The van der Waals surface area contributed by atoms with Gasteiger partial charge < -0.3 is 10.2 Å². The Morgan fingerprint density at radius 3 is 2.58 bits per heavy atom. The molecule has 1 N–H and O–H groups in total. The summed E-state index contributed by atoms with van der Waals surface area (Å²) in [6.45, 7) is 4.96. The third-order valence-corrected chi connectivity index (χ3v) is 3.39. The first kappa shape index (κ1) is 13.6. The van der Waals surface area contributed by atoms with Crippen LogP contribution >= 0.6 is 0 Å². The van der Waals surface area contributed by atoms with Crippen LogP contribution in [-0.2, 0) is 16.1 Å². The fourth-order valence-electron chi connectivity index (χ4n) is 2.26. The van der Waals surface area contributed by atoms with Gasteiger partial charge in [-0.2, -0.15) is 0 Å². The van der Waals surface area contributed by atoms with Crippen molar-refractivity contribution < 1.29 is 9.59 Å². The average Bonchev–Trinajstić information content (AvgIpc) is 2.53. The molecule has 1 aliphatic heterocycles. The van der Waals surface area contributed by atoms with Gasteiger partial charge in [-0.3, -0.25) is 9.59 Å². The number of rotatable bonds is 3. The first-order chi connectivity index (χ1) is 9.08. The fourth-order valence-corrected chi connectivity index (χ4v) is 2.26. The molecule has 0 aliphatic carbocycles. The molecule has 1 heterocycles. The molecular weight excluding hydrogens is 240 g/mol. The average molecular weight is 260 g/mol. The van der Waals surface area contributed by atoms with Gasteiger partial charge in [-0.15, -0.1) is 0 Å². The van der Waals surface area contributed by atoms with E-state index in [1.807, 2.05) is 44.2 Å². The highest BCUT2D eigenvalue weighted by Gasteiger charge is 2.31. The molecule has 0 saturated carbocycles. The van der Waals surface area contributed by atoms with E-state index < -0.39 is 6.04 Å². The second kappa shape index (κ2) is 5.87. The van der Waals surface area contributed by atoms with Crippen LogP contribution in [0.1, 0.15) is 25.8 Å². The van der Waals surface area contributed by atoms with Gasteiger partial charge in [0.2, 0.25) is 11.8 Å². The molecule has 1 aromatic carbocycles. The van der Waals surface area contributed by atoms with Crippen molar-refractivity contribution in [2.45, 2.75) is 32.9 Å². The summed E-state index contributed by atoms with van der Waals surface area (Å²) in [5.74, 6) is 0.0835. The molecule has 4 heteroatoms. The van der Waals surface area contributed by atoms with E-state index in [0.717, 1.165) is 5.56 Å². The van der Waals surface area contributed by atoms with Crippen LogP contribution in [0.4, 0.5) is 0 Å². The third kappa shape index (κ3) is 3.34. The van der Waals surface area contributed by atoms with E-state index in [1.165, 1.54) is 0 Å². The molecule has 1 atom stereocenters. The van der Waals surface area contributed by atoms with Crippen molar-refractivity contribution in [3.63, 3.8) is 0 Å². The Morgan fingerprint density at radius 1 is 1.26 bits per heavy atom. The van der Waals surface area contributed by atoms with Crippen molar-refractivity contribution in [3.05, 3.63) is 35.9 Å². The predicted molar refractivity (Wildman–Crippen MR) is 73.2 cm³/mol. The van der Waals surface area contributed by atoms with Gasteiger partial charge in [-0.25, -0.2) is 0 Å². The molecule has 2 amide bonds. The summed E-state index contributed by atoms with van der Waals surface area (Å²) in [5, 5.41) is 2.81. The lowest BCUT2D eigenvalue weighted by atomic mass is 10.0. The van der Waals surface area contributed by atoms with Crippen LogP contribution < -0.4 is 5.32 Å². The fraction of sp³-hybridized carbons (Fsp3) is 0.467. The van der Waals surface area contributed by atoms with Crippen molar-refractivity contribution >= 4 is 11.8 Å². The smallest absolute Gasteiger partial charge is 0.245 e. The molecule has 102 valence electrons. The monoisotopic (exact) mass is 260 g/mol. The minimum atomic E-state index is -0.404. The molecule has 0 aromatic heterocycles. The Balaban J connectivity index is 2.14. The molecule has 0 spiro atoms. The number of nitrogens with zero attached hydrogens (tertiary/aromatic N) is 1. The van der Waals surface area contributed by atoms with Crippen molar-refractivity contribution in [1.82, 2.24) is 10.2 Å². The standard InChI is InChI=1S/C15H20N2O2/c1-11(2)14-15(19)17(9-8-13(18)16-14)10-12-6-4-3-5-7-12/h3-7,11,14H,8-10H2,1-2H3,(H,16,18). The molecule has 1 fully saturated rings. The highest BCUT2D eigenvalue weighted by Crippen LogP contribution is 2.14. The number of carbonyl (C=O) groups excluding carboxylic acids is 2. The first-order valence-electron chi connectivity index (χ1n) is 6.70. The third-order valence-electron chi connectivity index (χ3n) is 3.39.